The lowest BCUT2D eigenvalue weighted by Gasteiger charge is -2.39. The molecule has 11 heteroatoms. The largest absolute Gasteiger partial charge is 0.444 e. The number of piperidine rings is 1. The first kappa shape index (κ1) is 38.4. The van der Waals surface area contributed by atoms with E-state index in [0.29, 0.717) is 18.7 Å². The van der Waals surface area contributed by atoms with E-state index in [1.807, 2.05) is 86.5 Å². The van der Waals surface area contributed by atoms with Crippen LogP contribution in [-0.2, 0) is 11.2 Å². The van der Waals surface area contributed by atoms with Gasteiger partial charge in [0.2, 0.25) is 0 Å². The Kier molecular flexibility index (Phi) is 12.6. The first-order valence-electron chi connectivity index (χ1n) is 18.8. The van der Waals surface area contributed by atoms with Gasteiger partial charge in [-0.1, -0.05) is 24.0 Å². The number of carbonyl (C=O) groups excluding carboxylic acids is 2. The van der Waals surface area contributed by atoms with Crippen molar-refractivity contribution in [3.63, 3.8) is 0 Å². The number of aliphatic hydroxyl groups is 1. The average molecular weight is 730 g/mol. The van der Waals surface area contributed by atoms with Crippen molar-refractivity contribution in [2.45, 2.75) is 58.4 Å². The summed E-state index contributed by atoms with van der Waals surface area (Å²) in [7, 11) is 0. The van der Waals surface area contributed by atoms with Crippen LogP contribution in [0.1, 0.15) is 67.1 Å². The van der Waals surface area contributed by atoms with Crippen LogP contribution in [0.5, 0.6) is 0 Å². The maximum Gasteiger partial charge on any atom is 0.410 e. The Morgan fingerprint density at radius 1 is 0.926 bits per heavy atom. The molecule has 1 unspecified atom stereocenters. The van der Waals surface area contributed by atoms with Crippen molar-refractivity contribution in [3.8, 4) is 23.0 Å². The van der Waals surface area contributed by atoms with Gasteiger partial charge in [0.15, 0.2) is 6.35 Å². The fraction of sp³-hybridized carbons (Fsp3) is 0.395. The smallest absolute Gasteiger partial charge is 0.410 e. The van der Waals surface area contributed by atoms with E-state index in [1.54, 1.807) is 30.7 Å². The number of nitrogens with zero attached hydrogens (tertiary/aromatic N) is 4. The number of amides is 2. The van der Waals surface area contributed by atoms with Crippen molar-refractivity contribution in [3.05, 3.63) is 114 Å². The second kappa shape index (κ2) is 17.7. The summed E-state index contributed by atoms with van der Waals surface area (Å²) in [6.07, 6.45) is 9.74. The van der Waals surface area contributed by atoms with Crippen LogP contribution in [0.15, 0.2) is 91.5 Å². The summed E-state index contributed by atoms with van der Waals surface area (Å²) < 4.78 is 5.59. The predicted octanol–water partition coefficient (Wildman–Crippen LogP) is 5.52. The molecule has 4 aromatic rings. The highest BCUT2D eigenvalue weighted by atomic mass is 16.6. The molecule has 4 heterocycles. The van der Waals surface area contributed by atoms with Crippen LogP contribution in [0.2, 0.25) is 0 Å². The molecule has 1 atom stereocenters. The summed E-state index contributed by atoms with van der Waals surface area (Å²) in [6, 6.07) is 20.9. The van der Waals surface area contributed by atoms with E-state index >= 15 is 0 Å². The van der Waals surface area contributed by atoms with Gasteiger partial charge in [0.25, 0.3) is 5.91 Å². The normalized spacial score (nSPS) is 16.0. The van der Waals surface area contributed by atoms with Crippen LogP contribution in [0, 0.1) is 17.3 Å². The van der Waals surface area contributed by atoms with Crippen molar-refractivity contribution in [2.24, 2.45) is 5.41 Å². The quantitative estimate of drug-likeness (QED) is 0.117. The lowest BCUT2D eigenvalue weighted by atomic mass is 9.78. The molecule has 2 aliphatic heterocycles. The third-order valence-electron chi connectivity index (χ3n) is 10.00. The van der Waals surface area contributed by atoms with Crippen LogP contribution in [-0.4, -0.2) is 94.6 Å². The second-order valence-corrected chi connectivity index (χ2v) is 15.2. The fourth-order valence-corrected chi connectivity index (χ4v) is 6.98. The number of ether oxygens (including phenoxy) is 1. The molecule has 2 amide bonds. The Morgan fingerprint density at radius 2 is 1.69 bits per heavy atom. The van der Waals surface area contributed by atoms with Crippen LogP contribution >= 0.6 is 0 Å². The molecule has 54 heavy (non-hydrogen) atoms. The van der Waals surface area contributed by atoms with Gasteiger partial charge < -0.3 is 30.3 Å². The van der Waals surface area contributed by atoms with Gasteiger partial charge in [0.05, 0.1) is 0 Å². The van der Waals surface area contributed by atoms with Gasteiger partial charge in [-0.05, 0) is 136 Å². The van der Waals surface area contributed by atoms with Gasteiger partial charge in [0.1, 0.15) is 5.60 Å². The van der Waals surface area contributed by atoms with Crippen LogP contribution < -0.4 is 16.0 Å². The third-order valence-corrected chi connectivity index (χ3v) is 10.00. The van der Waals surface area contributed by atoms with E-state index in [4.69, 9.17) is 4.74 Å². The first-order valence-corrected chi connectivity index (χ1v) is 18.8. The Labute approximate surface area is 318 Å². The molecule has 2 saturated heterocycles. The predicted molar refractivity (Wildman–Crippen MR) is 211 cm³/mol. The Balaban J connectivity index is 0.994. The first-order chi connectivity index (χ1) is 26.0. The van der Waals surface area contributed by atoms with Crippen LogP contribution in [0.4, 0.5) is 10.5 Å². The van der Waals surface area contributed by atoms with E-state index in [9.17, 15) is 14.7 Å². The summed E-state index contributed by atoms with van der Waals surface area (Å²) in [5.74, 6) is 6.45. The van der Waals surface area contributed by atoms with Crippen molar-refractivity contribution < 1.29 is 19.4 Å². The topological polar surface area (TPSA) is 132 Å². The van der Waals surface area contributed by atoms with E-state index in [0.717, 1.165) is 91.9 Å². The molecule has 2 aromatic carbocycles. The molecule has 2 fully saturated rings. The number of aliphatic hydroxyl groups excluding tert-OH is 1. The zero-order chi connectivity index (χ0) is 38.0. The maximum atomic E-state index is 13.0. The number of hydrogen-bond donors (Lipinski definition) is 4. The zero-order valence-electron chi connectivity index (χ0n) is 31.5. The number of anilines is 1. The van der Waals surface area contributed by atoms with Gasteiger partial charge >= 0.3 is 6.09 Å². The fourth-order valence-electron chi connectivity index (χ4n) is 6.98. The van der Waals surface area contributed by atoms with Crippen molar-refractivity contribution in [2.75, 3.05) is 51.1 Å². The molecule has 0 aliphatic carbocycles. The van der Waals surface area contributed by atoms with Gasteiger partial charge in [-0.2, -0.15) is 0 Å². The van der Waals surface area contributed by atoms with Gasteiger partial charge in [-0.15, -0.1) is 0 Å². The number of likely N-dealkylation sites (tertiary alicyclic amines) is 2. The average Bonchev–Trinajstić information content (AvgIpc) is 3.59. The molecular weight excluding hydrogens is 679 g/mol. The summed E-state index contributed by atoms with van der Waals surface area (Å²) in [5, 5.41) is 19.9. The summed E-state index contributed by atoms with van der Waals surface area (Å²) >= 11 is 0. The maximum absolute atomic E-state index is 13.0. The minimum Gasteiger partial charge on any atom is -0.444 e. The molecule has 2 aromatic heterocycles. The second-order valence-electron chi connectivity index (χ2n) is 15.2. The Morgan fingerprint density at radius 3 is 2.41 bits per heavy atom. The highest BCUT2D eigenvalue weighted by Crippen LogP contribution is 2.40. The number of benzene rings is 2. The molecule has 282 valence electrons. The van der Waals surface area contributed by atoms with E-state index in [2.05, 4.69) is 42.7 Å². The van der Waals surface area contributed by atoms with Gasteiger partial charge in [-0.25, -0.2) is 4.79 Å². The number of carbonyl (C=O) groups is 2. The molecule has 0 saturated carbocycles. The molecule has 0 radical (unpaired) electrons. The monoisotopic (exact) mass is 729 g/mol. The number of nitrogens with one attached hydrogen (secondary N) is 3. The lowest BCUT2D eigenvalue weighted by Crippen LogP contribution is -2.45. The molecule has 4 N–H and O–H groups in total. The SMILES string of the molecule is CC(C)(C)OC(=O)N1CCC2(CCN(CCNC(=O)c3ccc(C#Cc4cc(NC(O)NCCc5cccnc5)ccc4-c4ccncc4)cc3)CC2)C1. The minimum atomic E-state index is -0.949. The lowest BCUT2D eigenvalue weighted by molar-refractivity contribution is 0.0248. The van der Waals surface area contributed by atoms with Crippen molar-refractivity contribution in [1.29, 1.82) is 0 Å². The van der Waals surface area contributed by atoms with E-state index in [-0.39, 0.29) is 17.4 Å². The molecule has 1 spiro atoms. The van der Waals surface area contributed by atoms with Crippen LogP contribution in [0.3, 0.4) is 0 Å². The van der Waals surface area contributed by atoms with E-state index in [1.165, 1.54) is 0 Å². The minimum absolute atomic E-state index is 0.113. The summed E-state index contributed by atoms with van der Waals surface area (Å²) in [5.41, 5.74) is 5.57. The number of hydrogen-bond acceptors (Lipinski definition) is 9. The third kappa shape index (κ3) is 10.9. The van der Waals surface area contributed by atoms with Crippen molar-refractivity contribution >= 4 is 17.7 Å². The standard InChI is InChI=1S/C43H51N7O4/c1-42(2,3)54-41(53)50-27-19-43(31-50)17-25-49(26-18-43)28-24-46-39(51)35-9-6-32(7-10-35)8-11-36-29-37(12-13-38(36)34-15-21-44-22-16-34)48-40(52)47-23-14-33-5-4-20-45-30-33/h4-7,9-10,12-13,15-16,20-22,29-30,40,47-48,52H,14,17-19,23-28,31H2,1-3H3,(H,46,51). The Hall–Kier alpha value is -5.28. The molecule has 2 aliphatic rings. The van der Waals surface area contributed by atoms with Gasteiger partial charge in [-0.3, -0.25) is 20.1 Å². The zero-order valence-corrected chi connectivity index (χ0v) is 31.5. The highest BCUT2D eigenvalue weighted by Gasteiger charge is 2.43. The molecule has 0 bridgehead atoms. The summed E-state index contributed by atoms with van der Waals surface area (Å²) in [6.45, 7) is 11.1. The molecular formula is C43H51N7O4. The summed E-state index contributed by atoms with van der Waals surface area (Å²) in [4.78, 5) is 38.1. The highest BCUT2D eigenvalue weighted by molar-refractivity contribution is 5.94. The van der Waals surface area contributed by atoms with Crippen molar-refractivity contribution in [1.82, 2.24) is 30.4 Å². The van der Waals surface area contributed by atoms with Crippen LogP contribution in [0.25, 0.3) is 11.1 Å². The molecule has 11 nitrogen and oxygen atoms in total. The number of aromatic nitrogens is 2. The van der Waals surface area contributed by atoms with Gasteiger partial charge in [0, 0.05) is 79.9 Å². The number of pyridine rings is 2. The number of rotatable bonds is 11. The molecule has 6 rings (SSSR count). The Bertz CT molecular complexity index is 1910. The van der Waals surface area contributed by atoms with E-state index < -0.39 is 12.0 Å².